The second-order valence-electron chi connectivity index (χ2n) is 4.42. The van der Waals surface area contributed by atoms with Crippen molar-refractivity contribution < 1.29 is 4.79 Å². The Labute approximate surface area is 100 Å². The summed E-state index contributed by atoms with van der Waals surface area (Å²) in [6.45, 7) is 4.07. The fourth-order valence-corrected chi connectivity index (χ4v) is 3.09. The lowest BCUT2D eigenvalue weighted by atomic mass is 10.1. The molecule has 1 heterocycles. The largest absolute Gasteiger partial charge is 0.302 e. The predicted molar refractivity (Wildman–Crippen MR) is 66.8 cm³/mol. The fraction of sp³-hybridized carbons (Fsp3) is 0.667. The summed E-state index contributed by atoms with van der Waals surface area (Å²) >= 11 is 1.64. The van der Waals surface area contributed by atoms with Crippen molar-refractivity contribution in [3.63, 3.8) is 0 Å². The van der Waals surface area contributed by atoms with E-state index in [2.05, 4.69) is 17.2 Å². The molecule has 0 spiro atoms. The van der Waals surface area contributed by atoms with Gasteiger partial charge in [-0.3, -0.25) is 4.79 Å². The number of carbonyl (C=O) groups is 1. The second kappa shape index (κ2) is 4.95. The third-order valence-corrected chi connectivity index (χ3v) is 4.07. The molecule has 0 aliphatic heterocycles. The molecule has 2 rings (SSSR count). The zero-order valence-electron chi connectivity index (χ0n) is 9.88. The topological polar surface area (TPSA) is 42.0 Å². The van der Waals surface area contributed by atoms with Gasteiger partial charge in [0.05, 0.1) is 5.69 Å². The van der Waals surface area contributed by atoms with E-state index in [4.69, 9.17) is 0 Å². The minimum absolute atomic E-state index is 0.0868. The third-order valence-electron chi connectivity index (χ3n) is 3.00. The van der Waals surface area contributed by atoms with Gasteiger partial charge in [-0.25, -0.2) is 4.98 Å². The molecule has 1 aromatic heterocycles. The molecule has 4 heteroatoms. The van der Waals surface area contributed by atoms with Crippen LogP contribution in [0.15, 0.2) is 0 Å². The SMILES string of the molecule is CCCC(C)C(=O)Nc1nc2c(s1)CCC2. The maximum Gasteiger partial charge on any atom is 0.228 e. The summed E-state index contributed by atoms with van der Waals surface area (Å²) in [5.41, 5.74) is 1.20. The van der Waals surface area contributed by atoms with Gasteiger partial charge >= 0.3 is 0 Å². The van der Waals surface area contributed by atoms with E-state index in [-0.39, 0.29) is 11.8 Å². The van der Waals surface area contributed by atoms with Gasteiger partial charge in [0, 0.05) is 10.8 Å². The minimum Gasteiger partial charge on any atom is -0.302 e. The molecule has 0 saturated heterocycles. The Morgan fingerprint density at radius 2 is 2.38 bits per heavy atom. The number of thiazole rings is 1. The van der Waals surface area contributed by atoms with Gasteiger partial charge in [0.2, 0.25) is 5.91 Å². The van der Waals surface area contributed by atoms with Crippen molar-refractivity contribution in [1.82, 2.24) is 4.98 Å². The van der Waals surface area contributed by atoms with E-state index in [1.807, 2.05) is 6.92 Å². The van der Waals surface area contributed by atoms with E-state index < -0.39 is 0 Å². The summed E-state index contributed by atoms with van der Waals surface area (Å²) in [5, 5.41) is 3.71. The fourth-order valence-electron chi connectivity index (χ4n) is 2.04. The van der Waals surface area contributed by atoms with Crippen LogP contribution >= 0.6 is 11.3 Å². The van der Waals surface area contributed by atoms with Gasteiger partial charge in [0.15, 0.2) is 5.13 Å². The molecule has 1 atom stereocenters. The number of nitrogens with zero attached hydrogens (tertiary/aromatic N) is 1. The first-order valence-corrected chi connectivity index (χ1v) is 6.81. The van der Waals surface area contributed by atoms with Gasteiger partial charge in [-0.1, -0.05) is 20.3 Å². The first-order valence-electron chi connectivity index (χ1n) is 6.00. The van der Waals surface area contributed by atoms with Gasteiger partial charge in [-0.15, -0.1) is 11.3 Å². The number of hydrogen-bond acceptors (Lipinski definition) is 3. The van der Waals surface area contributed by atoms with Crippen LogP contribution in [0.5, 0.6) is 0 Å². The highest BCUT2D eigenvalue weighted by atomic mass is 32.1. The van der Waals surface area contributed by atoms with Crippen LogP contribution in [0.3, 0.4) is 0 Å². The van der Waals surface area contributed by atoms with Crippen molar-refractivity contribution in [2.75, 3.05) is 5.32 Å². The molecule has 0 radical (unpaired) electrons. The summed E-state index contributed by atoms with van der Waals surface area (Å²) in [4.78, 5) is 17.6. The molecule has 1 N–H and O–H groups in total. The van der Waals surface area contributed by atoms with Crippen LogP contribution in [-0.4, -0.2) is 10.9 Å². The summed E-state index contributed by atoms with van der Waals surface area (Å²) in [7, 11) is 0. The highest BCUT2D eigenvalue weighted by molar-refractivity contribution is 7.15. The van der Waals surface area contributed by atoms with Gasteiger partial charge < -0.3 is 5.32 Å². The molecule has 1 aliphatic carbocycles. The van der Waals surface area contributed by atoms with Crippen LogP contribution in [-0.2, 0) is 17.6 Å². The van der Waals surface area contributed by atoms with Gasteiger partial charge in [-0.2, -0.15) is 0 Å². The van der Waals surface area contributed by atoms with Crippen molar-refractivity contribution >= 4 is 22.4 Å². The molecular formula is C12H18N2OS. The van der Waals surface area contributed by atoms with E-state index in [0.29, 0.717) is 0 Å². The Morgan fingerprint density at radius 1 is 1.56 bits per heavy atom. The zero-order chi connectivity index (χ0) is 11.5. The van der Waals surface area contributed by atoms with Gasteiger partial charge in [0.25, 0.3) is 0 Å². The van der Waals surface area contributed by atoms with E-state index >= 15 is 0 Å². The second-order valence-corrected chi connectivity index (χ2v) is 5.51. The van der Waals surface area contributed by atoms with Crippen LogP contribution < -0.4 is 5.32 Å². The quantitative estimate of drug-likeness (QED) is 0.876. The number of aromatic nitrogens is 1. The number of anilines is 1. The number of carbonyl (C=O) groups excluding carboxylic acids is 1. The smallest absolute Gasteiger partial charge is 0.228 e. The number of hydrogen-bond donors (Lipinski definition) is 1. The normalized spacial score (nSPS) is 15.9. The van der Waals surface area contributed by atoms with E-state index in [9.17, 15) is 4.79 Å². The standard InChI is InChI=1S/C12H18N2OS/c1-3-5-8(2)11(15)14-12-13-9-6-4-7-10(9)16-12/h8H,3-7H2,1-2H3,(H,13,14,15). The van der Waals surface area contributed by atoms with Crippen LogP contribution in [0.2, 0.25) is 0 Å². The van der Waals surface area contributed by atoms with Crippen LogP contribution in [0.25, 0.3) is 0 Å². The Hall–Kier alpha value is -0.900. The molecule has 3 nitrogen and oxygen atoms in total. The zero-order valence-corrected chi connectivity index (χ0v) is 10.7. The molecule has 0 saturated carbocycles. The molecule has 1 amide bonds. The van der Waals surface area contributed by atoms with Crippen LogP contribution in [0.1, 0.15) is 43.7 Å². The first-order chi connectivity index (χ1) is 7.70. The highest BCUT2D eigenvalue weighted by Gasteiger charge is 2.19. The molecule has 0 aromatic carbocycles. The molecule has 0 bridgehead atoms. The minimum atomic E-state index is 0.0868. The van der Waals surface area contributed by atoms with Crippen molar-refractivity contribution in [2.45, 2.75) is 46.0 Å². The van der Waals surface area contributed by atoms with Gasteiger partial charge in [0.1, 0.15) is 0 Å². The van der Waals surface area contributed by atoms with E-state index in [1.165, 1.54) is 17.0 Å². The average molecular weight is 238 g/mol. The van der Waals surface area contributed by atoms with Crippen LogP contribution in [0.4, 0.5) is 5.13 Å². The van der Waals surface area contributed by atoms with E-state index in [0.717, 1.165) is 30.8 Å². The van der Waals surface area contributed by atoms with Gasteiger partial charge in [-0.05, 0) is 25.7 Å². The maximum absolute atomic E-state index is 11.8. The monoisotopic (exact) mass is 238 g/mol. The van der Waals surface area contributed by atoms with Crippen LogP contribution in [0, 0.1) is 5.92 Å². The molecular weight excluding hydrogens is 220 g/mol. The lowest BCUT2D eigenvalue weighted by Gasteiger charge is -2.08. The molecule has 88 valence electrons. The summed E-state index contributed by atoms with van der Waals surface area (Å²) < 4.78 is 0. The molecule has 1 unspecified atom stereocenters. The lowest BCUT2D eigenvalue weighted by Crippen LogP contribution is -2.20. The molecule has 1 aromatic rings. The number of nitrogens with one attached hydrogen (secondary N) is 1. The Kier molecular flexibility index (Phi) is 3.59. The number of aryl methyl sites for hydroxylation is 2. The summed E-state index contributed by atoms with van der Waals surface area (Å²) in [5.74, 6) is 0.193. The summed E-state index contributed by atoms with van der Waals surface area (Å²) in [6.07, 6.45) is 5.41. The third kappa shape index (κ3) is 2.43. The Morgan fingerprint density at radius 3 is 3.06 bits per heavy atom. The van der Waals surface area contributed by atoms with Crippen molar-refractivity contribution in [3.05, 3.63) is 10.6 Å². The number of amides is 1. The van der Waals surface area contributed by atoms with Crippen molar-refractivity contribution in [2.24, 2.45) is 5.92 Å². The Bertz CT molecular complexity index is 365. The average Bonchev–Trinajstić information content (AvgIpc) is 2.78. The number of fused-ring (bicyclic) bond motifs is 1. The summed E-state index contributed by atoms with van der Waals surface area (Å²) in [6, 6.07) is 0. The highest BCUT2D eigenvalue weighted by Crippen LogP contribution is 2.30. The van der Waals surface area contributed by atoms with Crippen molar-refractivity contribution in [3.8, 4) is 0 Å². The first kappa shape index (κ1) is 11.6. The van der Waals surface area contributed by atoms with Crippen molar-refractivity contribution in [1.29, 1.82) is 0 Å². The Balaban J connectivity index is 1.96. The molecule has 16 heavy (non-hydrogen) atoms. The molecule has 1 aliphatic rings. The lowest BCUT2D eigenvalue weighted by molar-refractivity contribution is -0.119. The maximum atomic E-state index is 11.8. The molecule has 0 fully saturated rings. The number of rotatable bonds is 4. The van der Waals surface area contributed by atoms with E-state index in [1.54, 1.807) is 11.3 Å². The predicted octanol–water partition coefficient (Wildman–Crippen LogP) is 3.01.